The number of nitrogens with zero attached hydrogens (tertiary/aromatic N) is 2. The Labute approximate surface area is 273 Å². The number of rotatable bonds is 14. The molecule has 4 rings (SSSR count). The molecule has 0 aliphatic rings. The van der Waals surface area contributed by atoms with Gasteiger partial charge in [-0.3, -0.25) is 13.9 Å². The highest BCUT2D eigenvalue weighted by molar-refractivity contribution is 9.10. The summed E-state index contributed by atoms with van der Waals surface area (Å²) in [4.78, 5) is 29.6. The molecule has 0 saturated carbocycles. The van der Waals surface area contributed by atoms with Crippen LogP contribution in [-0.2, 0) is 32.6 Å². The SMILES string of the molecule is CCCCNC(=O)[C@H](Cc1ccccc1)N(Cc1ccc(Br)cc1)C(=O)CN(c1ccc(F)cc1)S(=O)(=O)c1ccc(C)cc1. The zero-order valence-corrected chi connectivity index (χ0v) is 27.7. The molecule has 2 amide bonds. The first-order valence-electron chi connectivity index (χ1n) is 14.8. The van der Waals surface area contributed by atoms with Gasteiger partial charge in [-0.2, -0.15) is 0 Å². The van der Waals surface area contributed by atoms with Crippen LogP contribution in [-0.4, -0.2) is 44.3 Å². The van der Waals surface area contributed by atoms with Crippen molar-refractivity contribution >= 4 is 43.5 Å². The van der Waals surface area contributed by atoms with Gasteiger partial charge in [0, 0.05) is 24.0 Å². The van der Waals surface area contributed by atoms with E-state index in [-0.39, 0.29) is 29.5 Å². The minimum absolute atomic E-state index is 0.0113. The van der Waals surface area contributed by atoms with E-state index in [2.05, 4.69) is 21.2 Å². The number of aryl methyl sites for hydroxylation is 1. The van der Waals surface area contributed by atoms with Gasteiger partial charge in [-0.1, -0.05) is 89.4 Å². The molecule has 0 aromatic heterocycles. The molecule has 1 atom stereocenters. The van der Waals surface area contributed by atoms with Gasteiger partial charge in [0.25, 0.3) is 10.0 Å². The average molecular weight is 695 g/mol. The number of nitrogens with one attached hydrogen (secondary N) is 1. The second-order valence-electron chi connectivity index (χ2n) is 10.8. The number of hydrogen-bond acceptors (Lipinski definition) is 4. The van der Waals surface area contributed by atoms with E-state index in [1.807, 2.05) is 68.4 Å². The van der Waals surface area contributed by atoms with Crippen LogP contribution < -0.4 is 9.62 Å². The molecule has 10 heteroatoms. The van der Waals surface area contributed by atoms with Crippen LogP contribution in [0.4, 0.5) is 10.1 Å². The summed E-state index contributed by atoms with van der Waals surface area (Å²) in [5.41, 5.74) is 2.61. The van der Waals surface area contributed by atoms with Crippen LogP contribution in [0.15, 0.2) is 112 Å². The van der Waals surface area contributed by atoms with Crippen LogP contribution in [0.5, 0.6) is 0 Å². The Hall–Kier alpha value is -4.02. The van der Waals surface area contributed by atoms with Gasteiger partial charge >= 0.3 is 0 Å². The molecule has 0 heterocycles. The van der Waals surface area contributed by atoms with E-state index in [9.17, 15) is 22.4 Å². The smallest absolute Gasteiger partial charge is 0.264 e. The Kier molecular flexibility index (Phi) is 11.9. The quantitative estimate of drug-likeness (QED) is 0.150. The summed E-state index contributed by atoms with van der Waals surface area (Å²) >= 11 is 3.44. The maximum absolute atomic E-state index is 14.4. The third-order valence-electron chi connectivity index (χ3n) is 7.37. The van der Waals surface area contributed by atoms with E-state index >= 15 is 0 Å². The van der Waals surface area contributed by atoms with Gasteiger partial charge in [-0.25, -0.2) is 12.8 Å². The van der Waals surface area contributed by atoms with Crippen molar-refractivity contribution in [3.63, 3.8) is 0 Å². The fourth-order valence-corrected chi connectivity index (χ4v) is 6.50. The number of sulfonamides is 1. The fourth-order valence-electron chi connectivity index (χ4n) is 4.82. The van der Waals surface area contributed by atoms with Crippen LogP contribution in [0.3, 0.4) is 0 Å². The molecule has 0 fully saturated rings. The summed E-state index contributed by atoms with van der Waals surface area (Å²) in [5.74, 6) is -1.45. The molecular formula is C35H37BrFN3O4S. The standard InChI is InChI=1S/C35H37BrFN3O4S/c1-3-4-22-38-35(42)33(23-27-8-6-5-7-9-27)39(24-28-12-14-29(36)15-13-28)34(41)25-40(31-18-16-30(37)17-19-31)45(43,44)32-20-10-26(2)11-21-32/h5-21,33H,3-4,22-25H2,1-2H3,(H,38,42)/t33-/m0/s1. The summed E-state index contributed by atoms with van der Waals surface area (Å²) in [6, 6.07) is 27.1. The molecule has 0 bridgehead atoms. The van der Waals surface area contributed by atoms with Gasteiger partial charge in [-0.15, -0.1) is 0 Å². The molecule has 0 radical (unpaired) electrons. The Bertz CT molecular complexity index is 1670. The predicted octanol–water partition coefficient (Wildman–Crippen LogP) is 6.65. The van der Waals surface area contributed by atoms with Crippen LogP contribution in [0.25, 0.3) is 0 Å². The maximum atomic E-state index is 14.4. The topological polar surface area (TPSA) is 86.8 Å². The lowest BCUT2D eigenvalue weighted by Crippen LogP contribution is -2.53. The number of anilines is 1. The Morgan fingerprint density at radius 1 is 0.867 bits per heavy atom. The summed E-state index contributed by atoms with van der Waals surface area (Å²) < 4.78 is 43.8. The molecule has 4 aromatic carbocycles. The van der Waals surface area contributed by atoms with E-state index in [0.29, 0.717) is 6.54 Å². The minimum Gasteiger partial charge on any atom is -0.354 e. The Morgan fingerprint density at radius 3 is 2.13 bits per heavy atom. The van der Waals surface area contributed by atoms with Crippen molar-refractivity contribution in [2.24, 2.45) is 0 Å². The lowest BCUT2D eigenvalue weighted by atomic mass is 10.0. The maximum Gasteiger partial charge on any atom is 0.264 e. The van der Waals surface area contributed by atoms with Gasteiger partial charge in [0.05, 0.1) is 10.6 Å². The van der Waals surface area contributed by atoms with E-state index in [1.54, 1.807) is 12.1 Å². The lowest BCUT2D eigenvalue weighted by Gasteiger charge is -2.34. The van der Waals surface area contributed by atoms with E-state index < -0.39 is 34.3 Å². The molecule has 236 valence electrons. The summed E-state index contributed by atoms with van der Waals surface area (Å²) in [6.45, 7) is 3.77. The second kappa shape index (κ2) is 15.8. The molecule has 45 heavy (non-hydrogen) atoms. The molecule has 7 nitrogen and oxygen atoms in total. The molecule has 0 aliphatic carbocycles. The zero-order chi connectivity index (χ0) is 32.4. The molecule has 0 aliphatic heterocycles. The highest BCUT2D eigenvalue weighted by Crippen LogP contribution is 2.26. The largest absolute Gasteiger partial charge is 0.354 e. The van der Waals surface area contributed by atoms with Gasteiger partial charge in [0.15, 0.2) is 0 Å². The van der Waals surface area contributed by atoms with Crippen molar-refractivity contribution in [1.29, 1.82) is 0 Å². The molecular weight excluding hydrogens is 657 g/mol. The first-order valence-corrected chi connectivity index (χ1v) is 17.0. The number of amides is 2. The predicted molar refractivity (Wildman–Crippen MR) is 179 cm³/mol. The number of unbranched alkanes of at least 4 members (excludes halogenated alkanes) is 1. The zero-order valence-electron chi connectivity index (χ0n) is 25.3. The van der Waals surface area contributed by atoms with Crippen molar-refractivity contribution in [1.82, 2.24) is 10.2 Å². The van der Waals surface area contributed by atoms with E-state index in [0.717, 1.165) is 50.4 Å². The first-order chi connectivity index (χ1) is 21.6. The van der Waals surface area contributed by atoms with Crippen molar-refractivity contribution < 1.29 is 22.4 Å². The third kappa shape index (κ3) is 9.25. The summed E-state index contributed by atoms with van der Waals surface area (Å²) in [6.07, 6.45) is 1.88. The van der Waals surface area contributed by atoms with Crippen LogP contribution >= 0.6 is 15.9 Å². The molecule has 0 unspecified atom stereocenters. The van der Waals surface area contributed by atoms with Gasteiger partial charge < -0.3 is 10.2 Å². The van der Waals surface area contributed by atoms with Crippen molar-refractivity contribution in [3.05, 3.63) is 130 Å². The molecule has 0 spiro atoms. The number of benzene rings is 4. The summed E-state index contributed by atoms with van der Waals surface area (Å²) in [5, 5.41) is 2.97. The van der Waals surface area contributed by atoms with E-state index in [1.165, 1.54) is 29.2 Å². The van der Waals surface area contributed by atoms with Gasteiger partial charge in [-0.05, 0) is 73.0 Å². The Morgan fingerprint density at radius 2 is 1.51 bits per heavy atom. The fraction of sp³-hybridized carbons (Fsp3) is 0.257. The lowest BCUT2D eigenvalue weighted by molar-refractivity contribution is -0.140. The monoisotopic (exact) mass is 693 g/mol. The van der Waals surface area contributed by atoms with Crippen molar-refractivity contribution in [3.8, 4) is 0 Å². The summed E-state index contributed by atoms with van der Waals surface area (Å²) in [7, 11) is -4.26. The number of carbonyl (C=O) groups is 2. The van der Waals surface area contributed by atoms with Crippen LogP contribution in [0, 0.1) is 12.7 Å². The normalized spacial score (nSPS) is 11.9. The number of hydrogen-bond donors (Lipinski definition) is 1. The minimum atomic E-state index is -4.26. The highest BCUT2D eigenvalue weighted by atomic mass is 79.9. The Balaban J connectivity index is 1.78. The number of carbonyl (C=O) groups excluding carboxylic acids is 2. The van der Waals surface area contributed by atoms with Gasteiger partial charge in [0.2, 0.25) is 11.8 Å². The van der Waals surface area contributed by atoms with Gasteiger partial charge in [0.1, 0.15) is 18.4 Å². The highest BCUT2D eigenvalue weighted by Gasteiger charge is 2.34. The van der Waals surface area contributed by atoms with Crippen molar-refractivity contribution in [2.45, 2.75) is 50.6 Å². The van der Waals surface area contributed by atoms with E-state index in [4.69, 9.17) is 0 Å². The second-order valence-corrected chi connectivity index (χ2v) is 13.6. The first kappa shape index (κ1) is 33.9. The molecule has 1 N–H and O–H groups in total. The number of halogens is 2. The van der Waals surface area contributed by atoms with Crippen LogP contribution in [0.1, 0.15) is 36.5 Å². The van der Waals surface area contributed by atoms with Crippen molar-refractivity contribution in [2.75, 3.05) is 17.4 Å². The third-order valence-corrected chi connectivity index (χ3v) is 9.69. The molecule has 4 aromatic rings. The molecule has 0 saturated heterocycles. The average Bonchev–Trinajstić information content (AvgIpc) is 3.03. The van der Waals surface area contributed by atoms with Crippen LogP contribution in [0.2, 0.25) is 0 Å².